The van der Waals surface area contributed by atoms with Crippen LogP contribution >= 0.6 is 0 Å². The summed E-state index contributed by atoms with van der Waals surface area (Å²) in [4.78, 5) is 0. The minimum Gasteiger partial charge on any atom is -0.506 e. The van der Waals surface area contributed by atoms with Crippen molar-refractivity contribution in [3.05, 3.63) is 11.3 Å². The van der Waals surface area contributed by atoms with E-state index in [0.717, 1.165) is 18.4 Å². The molecule has 0 aliphatic heterocycles. The molecule has 0 bridgehead atoms. The predicted octanol–water partition coefficient (Wildman–Crippen LogP) is 2.71. The zero-order valence-corrected chi connectivity index (χ0v) is 8.41. The molecule has 1 rings (SSSR count). The molecule has 74 valence electrons. The van der Waals surface area contributed by atoms with Gasteiger partial charge in [0.2, 0.25) is 0 Å². The van der Waals surface area contributed by atoms with Crippen molar-refractivity contribution < 1.29 is 10.3 Å². The van der Waals surface area contributed by atoms with E-state index in [9.17, 15) is 5.11 Å². The molecule has 0 saturated carbocycles. The molecule has 0 aromatic rings. The number of aliphatic hydroxyl groups is 1. The number of oxime groups is 1. The van der Waals surface area contributed by atoms with Gasteiger partial charge < -0.3 is 10.3 Å². The summed E-state index contributed by atoms with van der Waals surface area (Å²) < 4.78 is 0. The SMILES string of the molecule is CC1=C(O)C(=NO)C(C(C)C)CC1. The molecule has 2 N–H and O–H groups in total. The van der Waals surface area contributed by atoms with E-state index in [1.807, 2.05) is 6.92 Å². The Hall–Kier alpha value is -0.990. The quantitative estimate of drug-likeness (QED) is 0.485. The molecule has 3 nitrogen and oxygen atoms in total. The molecular formula is C10H17NO2. The van der Waals surface area contributed by atoms with E-state index in [-0.39, 0.29) is 11.7 Å². The minimum absolute atomic E-state index is 0.187. The summed E-state index contributed by atoms with van der Waals surface area (Å²) in [6.45, 7) is 6.02. The Morgan fingerprint density at radius 2 is 2.08 bits per heavy atom. The Bertz CT molecular complexity index is 254. The molecule has 0 aromatic heterocycles. The van der Waals surface area contributed by atoms with E-state index in [1.165, 1.54) is 0 Å². The van der Waals surface area contributed by atoms with Crippen LogP contribution in [0, 0.1) is 11.8 Å². The van der Waals surface area contributed by atoms with Gasteiger partial charge in [0.1, 0.15) is 11.5 Å². The molecule has 1 atom stereocenters. The van der Waals surface area contributed by atoms with Gasteiger partial charge in [-0.05, 0) is 31.3 Å². The van der Waals surface area contributed by atoms with Gasteiger partial charge in [-0.25, -0.2) is 0 Å². The lowest BCUT2D eigenvalue weighted by Crippen LogP contribution is -2.26. The lowest BCUT2D eigenvalue weighted by Gasteiger charge is -2.26. The smallest absolute Gasteiger partial charge is 0.139 e. The summed E-state index contributed by atoms with van der Waals surface area (Å²) in [7, 11) is 0. The molecule has 0 aromatic carbocycles. The maximum atomic E-state index is 9.65. The fraction of sp³-hybridized carbons (Fsp3) is 0.700. The third-order valence-electron chi connectivity index (χ3n) is 2.74. The first kappa shape index (κ1) is 10.1. The van der Waals surface area contributed by atoms with Gasteiger partial charge in [0.25, 0.3) is 0 Å². The lowest BCUT2D eigenvalue weighted by molar-refractivity contribution is 0.298. The van der Waals surface area contributed by atoms with E-state index in [1.54, 1.807) is 0 Å². The standard InChI is InChI=1S/C10H17NO2/c1-6(2)8-5-4-7(3)10(12)9(8)11-13/h6,8,12-13H,4-5H2,1-3H3. The van der Waals surface area contributed by atoms with Crippen molar-refractivity contribution in [2.24, 2.45) is 17.0 Å². The number of hydrogen-bond acceptors (Lipinski definition) is 3. The number of nitrogens with zero attached hydrogens (tertiary/aromatic N) is 1. The van der Waals surface area contributed by atoms with Crippen LogP contribution in [0.1, 0.15) is 33.6 Å². The largest absolute Gasteiger partial charge is 0.506 e. The van der Waals surface area contributed by atoms with Crippen LogP contribution in [0.25, 0.3) is 0 Å². The van der Waals surface area contributed by atoms with Crippen molar-refractivity contribution in [3.63, 3.8) is 0 Å². The molecular weight excluding hydrogens is 166 g/mol. The van der Waals surface area contributed by atoms with Crippen LogP contribution in [0.5, 0.6) is 0 Å². The van der Waals surface area contributed by atoms with Crippen LogP contribution in [-0.4, -0.2) is 16.0 Å². The number of hydrogen-bond donors (Lipinski definition) is 2. The molecule has 1 unspecified atom stereocenters. The minimum atomic E-state index is 0.187. The topological polar surface area (TPSA) is 52.8 Å². The lowest BCUT2D eigenvalue weighted by atomic mass is 9.80. The Morgan fingerprint density at radius 1 is 1.46 bits per heavy atom. The first-order valence-electron chi connectivity index (χ1n) is 4.69. The third-order valence-corrected chi connectivity index (χ3v) is 2.74. The third kappa shape index (κ3) is 1.85. The Labute approximate surface area is 78.8 Å². The summed E-state index contributed by atoms with van der Waals surface area (Å²) in [6.07, 6.45) is 1.86. The molecule has 0 radical (unpaired) electrons. The fourth-order valence-electron chi connectivity index (χ4n) is 1.79. The highest BCUT2D eigenvalue weighted by molar-refractivity contribution is 6.00. The van der Waals surface area contributed by atoms with E-state index >= 15 is 0 Å². The van der Waals surface area contributed by atoms with Gasteiger partial charge in [-0.2, -0.15) is 0 Å². The molecule has 1 aliphatic carbocycles. The summed E-state index contributed by atoms with van der Waals surface area (Å²) >= 11 is 0. The van der Waals surface area contributed by atoms with Gasteiger partial charge in [-0.15, -0.1) is 0 Å². The van der Waals surface area contributed by atoms with Gasteiger partial charge in [-0.1, -0.05) is 19.0 Å². The van der Waals surface area contributed by atoms with E-state index < -0.39 is 0 Å². The highest BCUT2D eigenvalue weighted by Crippen LogP contribution is 2.30. The van der Waals surface area contributed by atoms with Gasteiger partial charge in [0.15, 0.2) is 0 Å². The fourth-order valence-corrected chi connectivity index (χ4v) is 1.79. The van der Waals surface area contributed by atoms with Gasteiger partial charge >= 0.3 is 0 Å². The van der Waals surface area contributed by atoms with Gasteiger partial charge in [-0.3, -0.25) is 0 Å². The van der Waals surface area contributed by atoms with E-state index in [2.05, 4.69) is 19.0 Å². The van der Waals surface area contributed by atoms with Crippen molar-refractivity contribution in [1.82, 2.24) is 0 Å². The van der Waals surface area contributed by atoms with Gasteiger partial charge in [0.05, 0.1) is 0 Å². The van der Waals surface area contributed by atoms with Crippen molar-refractivity contribution in [3.8, 4) is 0 Å². The first-order valence-corrected chi connectivity index (χ1v) is 4.69. The second kappa shape index (κ2) is 3.81. The molecule has 13 heavy (non-hydrogen) atoms. The molecule has 0 spiro atoms. The van der Waals surface area contributed by atoms with E-state index in [4.69, 9.17) is 5.21 Å². The number of aliphatic hydroxyl groups excluding tert-OH is 1. The molecule has 0 amide bonds. The summed E-state index contributed by atoms with van der Waals surface area (Å²) in [5.74, 6) is 0.780. The van der Waals surface area contributed by atoms with Crippen molar-refractivity contribution in [1.29, 1.82) is 0 Å². The Morgan fingerprint density at radius 3 is 2.54 bits per heavy atom. The maximum Gasteiger partial charge on any atom is 0.139 e. The monoisotopic (exact) mass is 183 g/mol. The maximum absolute atomic E-state index is 9.65. The highest BCUT2D eigenvalue weighted by Gasteiger charge is 2.28. The molecule has 0 heterocycles. The van der Waals surface area contributed by atoms with Crippen molar-refractivity contribution >= 4 is 5.71 Å². The van der Waals surface area contributed by atoms with E-state index in [0.29, 0.717) is 11.6 Å². The normalized spacial score (nSPS) is 27.4. The average molecular weight is 183 g/mol. The number of rotatable bonds is 1. The number of allylic oxidation sites excluding steroid dienone is 2. The highest BCUT2D eigenvalue weighted by atomic mass is 16.4. The Kier molecular flexibility index (Phi) is 2.96. The summed E-state index contributed by atoms with van der Waals surface area (Å²) in [5.41, 5.74) is 1.38. The predicted molar refractivity (Wildman–Crippen MR) is 52.1 cm³/mol. The molecule has 3 heteroatoms. The average Bonchev–Trinajstić information content (AvgIpc) is 2.09. The zero-order valence-electron chi connectivity index (χ0n) is 8.41. The summed E-state index contributed by atoms with van der Waals surface area (Å²) in [6, 6.07) is 0. The molecule has 0 fully saturated rings. The molecule has 0 saturated heterocycles. The van der Waals surface area contributed by atoms with Crippen LogP contribution in [-0.2, 0) is 0 Å². The van der Waals surface area contributed by atoms with Crippen LogP contribution in [0.3, 0.4) is 0 Å². The summed E-state index contributed by atoms with van der Waals surface area (Å²) in [5, 5.41) is 21.6. The van der Waals surface area contributed by atoms with Gasteiger partial charge in [0, 0.05) is 5.92 Å². The van der Waals surface area contributed by atoms with Crippen LogP contribution in [0.2, 0.25) is 0 Å². The van der Waals surface area contributed by atoms with Crippen LogP contribution < -0.4 is 0 Å². The zero-order chi connectivity index (χ0) is 10.0. The second-order valence-corrected chi connectivity index (χ2v) is 4.00. The van der Waals surface area contributed by atoms with Crippen LogP contribution in [0.4, 0.5) is 0 Å². The van der Waals surface area contributed by atoms with Crippen molar-refractivity contribution in [2.45, 2.75) is 33.6 Å². The molecule has 1 aliphatic rings. The second-order valence-electron chi connectivity index (χ2n) is 4.00. The van der Waals surface area contributed by atoms with Crippen molar-refractivity contribution in [2.75, 3.05) is 0 Å². The first-order chi connectivity index (χ1) is 6.07. The van der Waals surface area contributed by atoms with Crippen LogP contribution in [0.15, 0.2) is 16.5 Å². The Balaban J connectivity index is 2.97.